The Kier molecular flexibility index (Phi) is 9.06. The van der Waals surface area contributed by atoms with Gasteiger partial charge in [0.1, 0.15) is 0 Å². The lowest BCUT2D eigenvalue weighted by molar-refractivity contribution is 0.0486. The molecule has 3 nitrogen and oxygen atoms in total. The summed E-state index contributed by atoms with van der Waals surface area (Å²) >= 11 is 0. The van der Waals surface area contributed by atoms with Gasteiger partial charge in [-0.25, -0.2) is 0 Å². The summed E-state index contributed by atoms with van der Waals surface area (Å²) < 4.78 is 10.6. The molecule has 0 aliphatic heterocycles. The lowest BCUT2D eigenvalue weighted by Crippen LogP contribution is -2.12. The molecule has 0 rings (SSSR count). The van der Waals surface area contributed by atoms with Crippen LogP contribution in [0.4, 0.5) is 0 Å². The molecule has 3 heteroatoms. The van der Waals surface area contributed by atoms with Gasteiger partial charge in [-0.1, -0.05) is 27.2 Å². The predicted octanol–water partition coefficient (Wildman–Crippen LogP) is 2.19. The van der Waals surface area contributed by atoms with Gasteiger partial charge in [-0.05, 0) is 18.3 Å². The minimum atomic E-state index is 0.449. The van der Waals surface area contributed by atoms with Gasteiger partial charge in [-0.2, -0.15) is 0 Å². The van der Waals surface area contributed by atoms with Gasteiger partial charge >= 0.3 is 0 Å². The van der Waals surface area contributed by atoms with E-state index in [0.29, 0.717) is 31.8 Å². The Morgan fingerprint density at radius 2 is 1.47 bits per heavy atom. The van der Waals surface area contributed by atoms with Crippen molar-refractivity contribution in [1.29, 1.82) is 0 Å². The van der Waals surface area contributed by atoms with Crippen LogP contribution in [-0.2, 0) is 9.47 Å². The molecule has 0 aromatic rings. The molecule has 0 bridgehead atoms. The van der Waals surface area contributed by atoms with Crippen LogP contribution in [0.25, 0.3) is 0 Å². The fourth-order valence-corrected chi connectivity index (χ4v) is 1.26. The lowest BCUT2D eigenvalue weighted by Gasteiger charge is -2.17. The van der Waals surface area contributed by atoms with Gasteiger partial charge in [0, 0.05) is 13.2 Å². The van der Waals surface area contributed by atoms with Crippen LogP contribution in [0.3, 0.4) is 0 Å². The monoisotopic (exact) mass is 217 g/mol. The molecule has 0 fully saturated rings. The molecule has 0 spiro atoms. The summed E-state index contributed by atoms with van der Waals surface area (Å²) in [4.78, 5) is 0. The zero-order valence-corrected chi connectivity index (χ0v) is 10.6. The zero-order valence-electron chi connectivity index (χ0n) is 10.6. The second-order valence-corrected chi connectivity index (χ2v) is 5.03. The van der Waals surface area contributed by atoms with E-state index in [-0.39, 0.29) is 0 Å². The van der Waals surface area contributed by atoms with Crippen LogP contribution in [0.2, 0.25) is 0 Å². The van der Waals surface area contributed by atoms with E-state index in [0.717, 1.165) is 13.0 Å². The van der Waals surface area contributed by atoms with Gasteiger partial charge in [0.15, 0.2) is 0 Å². The fourth-order valence-electron chi connectivity index (χ4n) is 1.26. The van der Waals surface area contributed by atoms with Crippen molar-refractivity contribution in [3.63, 3.8) is 0 Å². The van der Waals surface area contributed by atoms with Crippen LogP contribution >= 0.6 is 0 Å². The highest BCUT2D eigenvalue weighted by Gasteiger charge is 2.08. The van der Waals surface area contributed by atoms with Crippen molar-refractivity contribution in [2.45, 2.75) is 40.0 Å². The average Bonchev–Trinajstić information content (AvgIpc) is 2.14. The summed E-state index contributed by atoms with van der Waals surface area (Å²) in [6.45, 7) is 10.2. The van der Waals surface area contributed by atoms with E-state index in [1.807, 2.05) is 0 Å². The van der Waals surface area contributed by atoms with Crippen molar-refractivity contribution in [3.8, 4) is 0 Å². The number of nitrogens with two attached hydrogens (primary N) is 1. The summed E-state index contributed by atoms with van der Waals surface area (Å²) in [6.07, 6.45) is 3.65. The van der Waals surface area contributed by atoms with Crippen molar-refractivity contribution in [2.24, 2.45) is 11.1 Å². The fraction of sp³-hybridized carbons (Fsp3) is 1.00. The Labute approximate surface area is 94.3 Å². The van der Waals surface area contributed by atoms with Gasteiger partial charge < -0.3 is 15.2 Å². The van der Waals surface area contributed by atoms with Crippen molar-refractivity contribution < 1.29 is 9.47 Å². The van der Waals surface area contributed by atoms with E-state index in [9.17, 15) is 0 Å². The molecule has 0 unspecified atom stereocenters. The highest BCUT2D eigenvalue weighted by Crippen LogP contribution is 2.21. The third-order valence-corrected chi connectivity index (χ3v) is 2.10. The number of unbranched alkanes of at least 4 members (excludes halogenated alkanes) is 1. The Hall–Kier alpha value is -0.120. The normalized spacial score (nSPS) is 12.0. The van der Waals surface area contributed by atoms with Crippen molar-refractivity contribution >= 4 is 0 Å². The first-order chi connectivity index (χ1) is 7.06. The van der Waals surface area contributed by atoms with E-state index in [1.165, 1.54) is 12.8 Å². The van der Waals surface area contributed by atoms with Crippen LogP contribution in [-0.4, -0.2) is 33.0 Å². The Balaban J connectivity index is 2.99. The van der Waals surface area contributed by atoms with E-state index >= 15 is 0 Å². The van der Waals surface area contributed by atoms with E-state index in [2.05, 4.69) is 20.8 Å². The van der Waals surface area contributed by atoms with Crippen molar-refractivity contribution in [1.82, 2.24) is 0 Å². The topological polar surface area (TPSA) is 44.5 Å². The first kappa shape index (κ1) is 14.9. The maximum atomic E-state index is 5.43. The van der Waals surface area contributed by atoms with Crippen LogP contribution in [0.1, 0.15) is 40.0 Å². The summed E-state index contributed by atoms with van der Waals surface area (Å²) in [5.41, 5.74) is 5.73. The molecule has 0 saturated carbocycles. The molecule has 0 aliphatic carbocycles. The van der Waals surface area contributed by atoms with Crippen LogP contribution in [0.15, 0.2) is 0 Å². The summed E-state index contributed by atoms with van der Waals surface area (Å²) in [7, 11) is 0. The molecule has 2 N–H and O–H groups in total. The Morgan fingerprint density at radius 1 is 0.867 bits per heavy atom. The smallest absolute Gasteiger partial charge is 0.0701 e. The maximum Gasteiger partial charge on any atom is 0.0701 e. The molecule has 0 heterocycles. The molecule has 0 aromatic heterocycles. The van der Waals surface area contributed by atoms with Gasteiger partial charge in [0.25, 0.3) is 0 Å². The van der Waals surface area contributed by atoms with Crippen molar-refractivity contribution in [2.75, 3.05) is 33.0 Å². The van der Waals surface area contributed by atoms with Gasteiger partial charge in [0.05, 0.1) is 19.8 Å². The number of hydrogen-bond acceptors (Lipinski definition) is 3. The Bertz CT molecular complexity index is 132. The lowest BCUT2D eigenvalue weighted by atomic mass is 9.90. The second-order valence-electron chi connectivity index (χ2n) is 5.03. The number of ether oxygens (including phenoxy) is 2. The molecule has 0 radical (unpaired) electrons. The molecule has 15 heavy (non-hydrogen) atoms. The predicted molar refractivity (Wildman–Crippen MR) is 64.0 cm³/mol. The minimum absolute atomic E-state index is 0.449. The third-order valence-electron chi connectivity index (χ3n) is 2.10. The van der Waals surface area contributed by atoms with E-state index in [1.54, 1.807) is 0 Å². The van der Waals surface area contributed by atoms with E-state index < -0.39 is 0 Å². The summed E-state index contributed by atoms with van der Waals surface area (Å²) in [5, 5.41) is 0. The quantitative estimate of drug-likeness (QED) is 0.602. The number of rotatable bonds is 9. The maximum absolute atomic E-state index is 5.43. The Morgan fingerprint density at radius 3 is 2.00 bits per heavy atom. The van der Waals surface area contributed by atoms with E-state index in [4.69, 9.17) is 15.2 Å². The van der Waals surface area contributed by atoms with Crippen LogP contribution in [0, 0.1) is 5.41 Å². The molecule has 0 saturated heterocycles. The molecule has 0 amide bonds. The molecular weight excluding hydrogens is 190 g/mol. The number of hydrogen-bond donors (Lipinski definition) is 1. The highest BCUT2D eigenvalue weighted by atomic mass is 16.5. The second kappa shape index (κ2) is 9.13. The molecule has 0 aromatic carbocycles. The highest BCUT2D eigenvalue weighted by molar-refractivity contribution is 4.60. The molecule has 92 valence electrons. The van der Waals surface area contributed by atoms with Crippen LogP contribution in [0.5, 0.6) is 0 Å². The van der Waals surface area contributed by atoms with Crippen LogP contribution < -0.4 is 5.73 Å². The average molecular weight is 217 g/mol. The standard InChI is InChI=1S/C12H27NO2/c1-12(2,3)6-4-5-8-14-10-11-15-9-7-13/h4-11,13H2,1-3H3. The van der Waals surface area contributed by atoms with Gasteiger partial charge in [-0.3, -0.25) is 0 Å². The molecular formula is C12H27NO2. The molecule has 0 aliphatic rings. The SMILES string of the molecule is CC(C)(C)CCCCOCCOCCN. The molecule has 0 atom stereocenters. The van der Waals surface area contributed by atoms with Crippen molar-refractivity contribution in [3.05, 3.63) is 0 Å². The first-order valence-electron chi connectivity index (χ1n) is 5.92. The zero-order chi connectivity index (χ0) is 11.6. The van der Waals surface area contributed by atoms with Gasteiger partial charge in [-0.15, -0.1) is 0 Å². The van der Waals surface area contributed by atoms with Gasteiger partial charge in [0.2, 0.25) is 0 Å². The first-order valence-corrected chi connectivity index (χ1v) is 5.92. The largest absolute Gasteiger partial charge is 0.379 e. The summed E-state index contributed by atoms with van der Waals surface area (Å²) in [6, 6.07) is 0. The summed E-state index contributed by atoms with van der Waals surface area (Å²) in [5.74, 6) is 0. The minimum Gasteiger partial charge on any atom is -0.379 e. The third kappa shape index (κ3) is 13.9.